The average molecular weight is 2070 g/mol. The second-order valence-corrected chi connectivity index (χ2v) is 40.8. The summed E-state index contributed by atoms with van der Waals surface area (Å²) in [7, 11) is 0. The molecule has 0 saturated heterocycles. The molecule has 15 aromatic rings. The molecule has 5 aromatic carbocycles. The molecule has 0 bridgehead atoms. The van der Waals surface area contributed by atoms with E-state index in [1.54, 1.807) is 77.1 Å². The maximum absolute atomic E-state index is 14.6. The second-order valence-electron chi connectivity index (χ2n) is 39.9. The molecule has 21 atom stereocenters. The summed E-state index contributed by atoms with van der Waals surface area (Å²) in [5.74, 6) is 3.20. The Bertz CT molecular complexity index is 7380. The van der Waals surface area contributed by atoms with E-state index in [9.17, 15) is 69.0 Å². The van der Waals surface area contributed by atoms with Gasteiger partial charge in [0.2, 0.25) is 0 Å². The maximum atomic E-state index is 14.6. The van der Waals surface area contributed by atoms with Crippen molar-refractivity contribution in [1.82, 2.24) is 73.7 Å². The van der Waals surface area contributed by atoms with Crippen molar-refractivity contribution in [3.63, 3.8) is 0 Å². The third kappa shape index (κ3) is 19.6. The van der Waals surface area contributed by atoms with Crippen molar-refractivity contribution in [1.29, 1.82) is 0 Å². The molecule has 4 aliphatic heterocycles. The molecule has 776 valence electrons. The number of amides is 1. The minimum atomic E-state index is -1.13. The highest BCUT2D eigenvalue weighted by Gasteiger charge is 2.51. The predicted molar refractivity (Wildman–Crippen MR) is 543 cm³/mol. The number of aliphatic hydroxyl groups excluding tert-OH is 10. The molecule has 34 nitrogen and oxygen atoms in total. The number of nitrogens with one attached hydrogen (secondary N) is 3. The molecule has 5 fully saturated rings. The van der Waals surface area contributed by atoms with Gasteiger partial charge in [0.05, 0.1) is 53.2 Å². The fourth-order valence-corrected chi connectivity index (χ4v) is 23.3. The number of ether oxygens (including phenoxy) is 7. The zero-order valence-corrected chi connectivity index (χ0v) is 83.3. The Hall–Kier alpha value is -12.7. The summed E-state index contributed by atoms with van der Waals surface area (Å²) >= 11 is 12.5. The molecule has 148 heavy (non-hydrogen) atoms. The molecular formula is C109H117Cl2F3N16O18. The SMILES string of the molecule is Cc1ccnc2c1c(F)cn2C1CC(Oc2cc(Cl)cc3c2CNCC3)C(O)C1O.Cc1ccnc2c1ccn2C1CC(Oc2cccc3c2C(=O)NCCO3)C(O)C1O.Cc1ccnc2c1ccn2C1CC(Oc2cccc3c2CC(N)CO3)C(O)C1O.Cc1ncc2c(F)cn(C3CC(Oc4cc(Cl)cc5c4CNCC5)C(O)C3O)c2n1.Cc1ncnc2c1ccn2C1CC(Oc2ccc(F)c3c2CCCC3)C(O)C1O. The van der Waals surface area contributed by atoms with Gasteiger partial charge in [0.25, 0.3) is 5.91 Å². The molecule has 39 heteroatoms. The number of nitrogens with two attached hydrogens (primary N) is 1. The standard InChI is InChI=1S/C22H23ClFN3O3.C22H24FN3O3.C22H23N3O5.C22H25N3O4.C21H22ClFN4O3/c1-11-2-5-26-22-19(11)15(24)10-27(22)16-8-18(21(29)20(16)28)30-17-7-13(23)6-12-3-4-25-9-14(12)17;1-12-13-8-9-26(22(13)25-11-24-12)17-10-19(21(28)20(17)27)29-18-7-6-16(23)14-4-2-3-5-15(14)18;1-12-5-7-23-21-13(12)6-9-25(21)14-11-17(20(27)19(14)26)30-16-4-2-3-15-18(16)22(28)24-8-10-29-15;1-12-5-7-24-22-14(12)6-8-25(22)16-10-19(21(27)20(16)26)29-18-4-2-3-17-15(18)9-13(23)11-28-17;1-10-25-8-14-15(23)9-27(21(14)26-10)16-6-18(20(29)19(16)28)30-17-5-12(22)4-11-2-3-24-7-13(11)17/h2,5-7,10,16,18,20-21,25,28-29H,3-4,8-9H2,1H3;6-9,11,17,19-21,27-28H,2-5,10H2,1H3;2-7,9,14,17,19-20,26-27H,8,10-11H2,1H3,(H,24,28);2-8,13,16,19-21,26-27H,9-11,23H2,1H3;4-5,8-9,16,18-20,24,28-29H,2-3,6-7H2,1H3. The number of benzene rings is 5. The van der Waals surface area contributed by atoms with Crippen LogP contribution >= 0.6 is 23.2 Å². The fourth-order valence-electron chi connectivity index (χ4n) is 22.8. The van der Waals surface area contributed by atoms with Crippen LogP contribution in [0.5, 0.6) is 40.2 Å². The largest absolute Gasteiger partial charge is 0.492 e. The number of fused-ring (bicyclic) bond motifs is 10. The fraction of sp³-hybridized carbons (Fsp3) is 0.413. The lowest BCUT2D eigenvalue weighted by atomic mass is 9.90. The summed E-state index contributed by atoms with van der Waals surface area (Å²) < 4.78 is 94.1. The predicted octanol–water partition coefficient (Wildman–Crippen LogP) is 11.4. The molecule has 6 aliphatic carbocycles. The molecule has 15 N–H and O–H groups in total. The van der Waals surface area contributed by atoms with Gasteiger partial charge in [0.1, 0.15) is 197 Å². The normalized spacial score (nSPS) is 26.8. The quantitative estimate of drug-likeness (QED) is 0.0453. The number of rotatable bonds is 15. The minimum absolute atomic E-state index is 0.0837. The Balaban J connectivity index is 0.000000108. The Kier molecular flexibility index (Phi) is 29.0. The highest BCUT2D eigenvalue weighted by atomic mass is 35.5. The molecule has 0 spiro atoms. The average Bonchev–Trinajstić information content (AvgIpc) is 1.59. The molecule has 0 radical (unpaired) electrons. The summed E-state index contributed by atoms with van der Waals surface area (Å²) in [5.41, 5.74) is 20.2. The zero-order valence-electron chi connectivity index (χ0n) is 81.8. The van der Waals surface area contributed by atoms with E-state index in [4.69, 9.17) is 62.1 Å². The van der Waals surface area contributed by atoms with Gasteiger partial charge in [0.15, 0.2) is 11.6 Å². The number of nitrogens with zero attached hydrogens (tertiary/aromatic N) is 12. The molecule has 10 aromatic heterocycles. The van der Waals surface area contributed by atoms with Gasteiger partial charge >= 0.3 is 0 Å². The zero-order chi connectivity index (χ0) is 103. The first-order valence-electron chi connectivity index (χ1n) is 50.2. The van der Waals surface area contributed by atoms with Crippen LogP contribution < -0.4 is 54.8 Å². The van der Waals surface area contributed by atoms with Crippen LogP contribution in [0.3, 0.4) is 0 Å². The Morgan fingerprint density at radius 3 is 1.43 bits per heavy atom. The Morgan fingerprint density at radius 1 is 0.419 bits per heavy atom. The third-order valence-corrected chi connectivity index (χ3v) is 31.1. The smallest absolute Gasteiger partial charge is 0.258 e. The van der Waals surface area contributed by atoms with Gasteiger partial charge in [-0.05, 0) is 223 Å². The summed E-state index contributed by atoms with van der Waals surface area (Å²) in [4.78, 5) is 42.7. The van der Waals surface area contributed by atoms with Crippen molar-refractivity contribution in [2.45, 2.75) is 253 Å². The third-order valence-electron chi connectivity index (χ3n) is 30.6. The van der Waals surface area contributed by atoms with Crippen LogP contribution in [0.1, 0.15) is 153 Å². The van der Waals surface area contributed by atoms with E-state index < -0.39 is 121 Å². The van der Waals surface area contributed by atoms with E-state index in [0.29, 0.717) is 150 Å². The van der Waals surface area contributed by atoms with Crippen LogP contribution in [-0.2, 0) is 45.2 Å². The number of aryl methyl sites for hydroxylation is 5. The van der Waals surface area contributed by atoms with Gasteiger partial charge in [-0.15, -0.1) is 0 Å². The van der Waals surface area contributed by atoms with Crippen molar-refractivity contribution >= 4 is 84.3 Å². The minimum Gasteiger partial charge on any atom is -0.492 e. The summed E-state index contributed by atoms with van der Waals surface area (Å²) in [6.07, 6.45) is 10.3. The van der Waals surface area contributed by atoms with Crippen molar-refractivity contribution in [3.8, 4) is 40.2 Å². The van der Waals surface area contributed by atoms with E-state index in [1.807, 2.05) is 121 Å². The molecular weight excluding hydrogens is 1950 g/mol. The van der Waals surface area contributed by atoms with E-state index in [2.05, 4.69) is 50.8 Å². The summed E-state index contributed by atoms with van der Waals surface area (Å²) in [6, 6.07) is 30.4. The topological polar surface area (TPSA) is 461 Å². The van der Waals surface area contributed by atoms with Gasteiger partial charge in [-0.1, -0.05) is 35.3 Å². The van der Waals surface area contributed by atoms with Crippen LogP contribution in [0.2, 0.25) is 10.0 Å². The first kappa shape index (κ1) is 101. The van der Waals surface area contributed by atoms with E-state index in [1.165, 1.54) is 31.0 Å². The highest BCUT2D eigenvalue weighted by Crippen LogP contribution is 2.48. The van der Waals surface area contributed by atoms with E-state index in [0.717, 1.165) is 145 Å². The Morgan fingerprint density at radius 2 is 0.878 bits per heavy atom. The lowest BCUT2D eigenvalue weighted by Crippen LogP contribution is -2.36. The van der Waals surface area contributed by atoms with Crippen LogP contribution in [0.4, 0.5) is 13.2 Å². The van der Waals surface area contributed by atoms with Crippen molar-refractivity contribution in [3.05, 3.63) is 272 Å². The van der Waals surface area contributed by atoms with Crippen LogP contribution in [0, 0.1) is 52.1 Å². The number of aliphatic hydroxyl groups is 10. The molecule has 1 amide bonds. The van der Waals surface area contributed by atoms with Gasteiger partial charge in [0, 0.05) is 155 Å². The molecule has 14 heterocycles. The summed E-state index contributed by atoms with van der Waals surface area (Å²) in [6.45, 7) is 13.8. The highest BCUT2D eigenvalue weighted by molar-refractivity contribution is 6.31. The number of hydrogen-bond donors (Lipinski definition) is 14. The van der Waals surface area contributed by atoms with Gasteiger partial charge in [-0.25, -0.2) is 48.1 Å². The molecule has 5 saturated carbocycles. The molecule has 10 aliphatic rings. The number of hydrogen-bond acceptors (Lipinski definition) is 28. The van der Waals surface area contributed by atoms with E-state index in [-0.39, 0.29) is 35.2 Å². The van der Waals surface area contributed by atoms with E-state index >= 15 is 0 Å². The maximum Gasteiger partial charge on any atom is 0.258 e. The number of carbonyl (C=O) groups is 1. The van der Waals surface area contributed by atoms with Crippen LogP contribution in [0.25, 0.3) is 55.2 Å². The van der Waals surface area contributed by atoms with Crippen molar-refractivity contribution < 1.29 is 102 Å². The van der Waals surface area contributed by atoms with Crippen molar-refractivity contribution in [2.24, 2.45) is 5.73 Å². The monoisotopic (exact) mass is 2060 g/mol. The molecule has 21 unspecified atom stereocenters. The van der Waals surface area contributed by atoms with Gasteiger partial charge < -0.3 is 129 Å². The summed E-state index contributed by atoms with van der Waals surface area (Å²) in [5, 5.41) is 121. The second kappa shape index (κ2) is 42.4. The Labute approximate surface area is 858 Å². The van der Waals surface area contributed by atoms with Gasteiger partial charge in [-0.2, -0.15) is 0 Å². The first-order chi connectivity index (χ1) is 71.5. The number of carbonyl (C=O) groups excluding carboxylic acids is 1. The lowest BCUT2D eigenvalue weighted by molar-refractivity contribution is -0.0167. The van der Waals surface area contributed by atoms with Crippen molar-refractivity contribution in [2.75, 3.05) is 32.8 Å². The number of halogens is 5. The van der Waals surface area contributed by atoms with Crippen LogP contribution in [0.15, 0.2) is 171 Å². The first-order valence-corrected chi connectivity index (χ1v) is 51.0. The number of pyridine rings is 3. The van der Waals surface area contributed by atoms with Gasteiger partial charge in [-0.3, -0.25) is 4.79 Å². The number of aromatic nitrogens is 12. The molecule has 25 rings (SSSR count). The lowest BCUT2D eigenvalue weighted by Gasteiger charge is -2.26. The van der Waals surface area contributed by atoms with Crippen LogP contribution in [-0.4, -0.2) is 245 Å².